The summed E-state index contributed by atoms with van der Waals surface area (Å²) in [7, 11) is 0. The number of carboxylic acids is 1. The number of hydrogen-bond acceptors (Lipinski definition) is 5. The lowest BCUT2D eigenvalue weighted by molar-refractivity contribution is -0.142. The molecule has 0 aliphatic carbocycles. The maximum atomic E-state index is 11.8. The topological polar surface area (TPSA) is 106 Å². The van der Waals surface area contributed by atoms with Gasteiger partial charge < -0.3 is 19.6 Å². The van der Waals surface area contributed by atoms with E-state index in [1.165, 1.54) is 6.07 Å². The van der Waals surface area contributed by atoms with Gasteiger partial charge in [0.15, 0.2) is 6.61 Å². The van der Waals surface area contributed by atoms with Crippen LogP contribution in [0.1, 0.15) is 30.9 Å². The average Bonchev–Trinajstić information content (AvgIpc) is 2.57. The van der Waals surface area contributed by atoms with Gasteiger partial charge in [-0.2, -0.15) is 0 Å². The SMILES string of the molecule is CCC[C@@H](NC(=O)COc1ccc2c(C)c(C)c(=O)oc2c1)C(=O)O. The Hall–Kier alpha value is -2.83. The van der Waals surface area contributed by atoms with Gasteiger partial charge in [-0.1, -0.05) is 13.3 Å². The van der Waals surface area contributed by atoms with Gasteiger partial charge in [0, 0.05) is 17.0 Å². The van der Waals surface area contributed by atoms with Gasteiger partial charge in [0.1, 0.15) is 17.4 Å². The molecule has 0 bridgehead atoms. The van der Waals surface area contributed by atoms with Crippen LogP contribution in [0.5, 0.6) is 5.75 Å². The molecule has 0 saturated carbocycles. The van der Waals surface area contributed by atoms with Gasteiger partial charge in [0.05, 0.1) is 0 Å². The Kier molecular flexibility index (Phi) is 5.80. The summed E-state index contributed by atoms with van der Waals surface area (Å²) in [5.74, 6) is -1.24. The Balaban J connectivity index is 2.08. The van der Waals surface area contributed by atoms with Crippen LogP contribution in [0.2, 0.25) is 0 Å². The van der Waals surface area contributed by atoms with Gasteiger partial charge in [-0.3, -0.25) is 4.79 Å². The normalized spacial score (nSPS) is 12.0. The molecular formula is C18H21NO6. The molecule has 1 aromatic carbocycles. The van der Waals surface area contributed by atoms with Crippen LogP contribution in [0.3, 0.4) is 0 Å². The number of amides is 1. The highest BCUT2D eigenvalue weighted by atomic mass is 16.5. The molecule has 0 fully saturated rings. The number of carboxylic acid groups (broad SMARTS) is 1. The Morgan fingerprint density at radius 1 is 1.28 bits per heavy atom. The number of aryl methyl sites for hydroxylation is 1. The van der Waals surface area contributed by atoms with Crippen molar-refractivity contribution >= 4 is 22.8 Å². The van der Waals surface area contributed by atoms with Crippen molar-refractivity contribution in [3.63, 3.8) is 0 Å². The summed E-state index contributed by atoms with van der Waals surface area (Å²) >= 11 is 0. The molecule has 2 rings (SSSR count). The van der Waals surface area contributed by atoms with Crippen molar-refractivity contribution in [3.05, 3.63) is 39.7 Å². The van der Waals surface area contributed by atoms with E-state index in [0.717, 1.165) is 10.9 Å². The van der Waals surface area contributed by atoms with Crippen molar-refractivity contribution in [1.82, 2.24) is 5.32 Å². The molecule has 7 heteroatoms. The quantitative estimate of drug-likeness (QED) is 0.744. The van der Waals surface area contributed by atoms with Crippen molar-refractivity contribution in [2.24, 2.45) is 0 Å². The minimum Gasteiger partial charge on any atom is -0.484 e. The fourth-order valence-corrected chi connectivity index (χ4v) is 2.45. The van der Waals surface area contributed by atoms with E-state index in [-0.39, 0.29) is 6.61 Å². The Morgan fingerprint density at radius 3 is 2.64 bits per heavy atom. The number of aliphatic carboxylic acids is 1. The summed E-state index contributed by atoms with van der Waals surface area (Å²) in [6.07, 6.45) is 0.988. The second kappa shape index (κ2) is 7.83. The summed E-state index contributed by atoms with van der Waals surface area (Å²) in [5.41, 5.74) is 1.35. The van der Waals surface area contributed by atoms with Gasteiger partial charge in [0.25, 0.3) is 5.91 Å². The van der Waals surface area contributed by atoms with Crippen molar-refractivity contribution in [3.8, 4) is 5.75 Å². The summed E-state index contributed by atoms with van der Waals surface area (Å²) in [6.45, 7) is 5.05. The number of nitrogens with one attached hydrogen (secondary N) is 1. The molecule has 2 N–H and O–H groups in total. The van der Waals surface area contributed by atoms with Gasteiger partial charge in [0.2, 0.25) is 0 Å². The zero-order valence-electron chi connectivity index (χ0n) is 14.4. The molecule has 1 amide bonds. The number of fused-ring (bicyclic) bond motifs is 1. The van der Waals surface area contributed by atoms with Gasteiger partial charge in [-0.15, -0.1) is 0 Å². The molecule has 0 saturated heterocycles. The molecule has 0 spiro atoms. The smallest absolute Gasteiger partial charge is 0.339 e. The fraction of sp³-hybridized carbons (Fsp3) is 0.389. The molecule has 7 nitrogen and oxygen atoms in total. The standard InChI is InChI=1S/C18H21NO6/c1-4-5-14(17(21)22)19-16(20)9-24-12-6-7-13-10(2)11(3)18(23)25-15(13)8-12/h6-8,14H,4-5,9H2,1-3H3,(H,19,20)(H,21,22)/t14-/m1/s1. The second-order valence-electron chi connectivity index (χ2n) is 5.83. The molecule has 25 heavy (non-hydrogen) atoms. The number of carbonyl (C=O) groups excluding carboxylic acids is 1. The van der Waals surface area contributed by atoms with Crippen LogP contribution in [-0.4, -0.2) is 29.6 Å². The monoisotopic (exact) mass is 347 g/mol. The van der Waals surface area contributed by atoms with Crippen LogP contribution >= 0.6 is 0 Å². The van der Waals surface area contributed by atoms with E-state index < -0.39 is 23.5 Å². The molecule has 1 atom stereocenters. The molecule has 2 aromatic rings. The van der Waals surface area contributed by atoms with Crippen LogP contribution in [0.4, 0.5) is 0 Å². The maximum absolute atomic E-state index is 11.8. The largest absolute Gasteiger partial charge is 0.484 e. The molecule has 0 radical (unpaired) electrons. The minimum atomic E-state index is -1.08. The Bertz CT molecular complexity index is 855. The van der Waals surface area contributed by atoms with E-state index in [2.05, 4.69) is 5.32 Å². The highest BCUT2D eigenvalue weighted by molar-refractivity contribution is 5.85. The summed E-state index contributed by atoms with van der Waals surface area (Å²) in [6, 6.07) is 4.03. The zero-order chi connectivity index (χ0) is 18.6. The van der Waals surface area contributed by atoms with Crippen LogP contribution in [-0.2, 0) is 9.59 Å². The molecule has 134 valence electrons. The predicted molar refractivity (Wildman–Crippen MR) is 91.9 cm³/mol. The number of carbonyl (C=O) groups is 2. The first-order valence-corrected chi connectivity index (χ1v) is 8.02. The molecule has 1 aromatic heterocycles. The lowest BCUT2D eigenvalue weighted by Gasteiger charge is -2.14. The third-order valence-electron chi connectivity index (χ3n) is 4.01. The van der Waals surface area contributed by atoms with Gasteiger partial charge in [-0.25, -0.2) is 9.59 Å². The molecular weight excluding hydrogens is 326 g/mol. The van der Waals surface area contributed by atoms with Crippen molar-refractivity contribution in [2.75, 3.05) is 6.61 Å². The minimum absolute atomic E-state index is 0.325. The Morgan fingerprint density at radius 2 is 2.00 bits per heavy atom. The predicted octanol–water partition coefficient (Wildman–Crippen LogP) is 2.16. The lowest BCUT2D eigenvalue weighted by atomic mass is 10.1. The zero-order valence-corrected chi connectivity index (χ0v) is 14.4. The van der Waals surface area contributed by atoms with E-state index in [4.69, 9.17) is 14.3 Å². The number of benzene rings is 1. The first kappa shape index (κ1) is 18.5. The fourth-order valence-electron chi connectivity index (χ4n) is 2.45. The number of hydrogen-bond donors (Lipinski definition) is 2. The van der Waals surface area contributed by atoms with E-state index >= 15 is 0 Å². The van der Waals surface area contributed by atoms with Crippen LogP contribution < -0.4 is 15.7 Å². The van der Waals surface area contributed by atoms with E-state index in [1.807, 2.05) is 13.8 Å². The third kappa shape index (κ3) is 4.37. The maximum Gasteiger partial charge on any atom is 0.339 e. The van der Waals surface area contributed by atoms with Crippen LogP contribution in [0, 0.1) is 13.8 Å². The van der Waals surface area contributed by atoms with Crippen molar-refractivity contribution in [1.29, 1.82) is 0 Å². The summed E-state index contributed by atoms with van der Waals surface area (Å²) in [5, 5.41) is 12.2. The van der Waals surface area contributed by atoms with Gasteiger partial charge in [-0.05, 0) is 38.0 Å². The number of rotatable bonds is 7. The Labute approximate surface area is 144 Å². The highest BCUT2D eigenvalue weighted by Crippen LogP contribution is 2.23. The third-order valence-corrected chi connectivity index (χ3v) is 4.01. The van der Waals surface area contributed by atoms with Crippen LogP contribution in [0.15, 0.2) is 27.4 Å². The lowest BCUT2D eigenvalue weighted by Crippen LogP contribution is -2.42. The van der Waals surface area contributed by atoms with E-state index in [0.29, 0.717) is 29.7 Å². The molecule has 0 unspecified atom stereocenters. The van der Waals surface area contributed by atoms with E-state index in [9.17, 15) is 14.4 Å². The highest BCUT2D eigenvalue weighted by Gasteiger charge is 2.19. The number of ether oxygens (including phenoxy) is 1. The van der Waals surface area contributed by atoms with E-state index in [1.54, 1.807) is 19.1 Å². The second-order valence-corrected chi connectivity index (χ2v) is 5.83. The summed E-state index contributed by atoms with van der Waals surface area (Å²) < 4.78 is 10.6. The van der Waals surface area contributed by atoms with Crippen molar-refractivity contribution < 1.29 is 23.8 Å². The molecule has 0 aliphatic heterocycles. The van der Waals surface area contributed by atoms with Crippen LogP contribution in [0.25, 0.3) is 11.0 Å². The molecule has 0 aliphatic rings. The molecule has 1 heterocycles. The first-order valence-electron chi connectivity index (χ1n) is 8.02. The first-order chi connectivity index (χ1) is 11.8. The van der Waals surface area contributed by atoms with Crippen molar-refractivity contribution in [2.45, 2.75) is 39.7 Å². The summed E-state index contributed by atoms with van der Waals surface area (Å²) in [4.78, 5) is 34.6. The van der Waals surface area contributed by atoms with Gasteiger partial charge >= 0.3 is 11.6 Å². The average molecular weight is 347 g/mol.